The summed E-state index contributed by atoms with van der Waals surface area (Å²) in [5, 5.41) is 2.39. The average Bonchev–Trinajstić information content (AvgIpc) is 2.92. The summed E-state index contributed by atoms with van der Waals surface area (Å²) in [4.78, 5) is 3.75. The third kappa shape index (κ3) is 3.62. The van der Waals surface area contributed by atoms with Gasteiger partial charge in [0.1, 0.15) is 15.8 Å². The molecule has 0 fully saturated rings. The molecule has 112 valence electrons. The van der Waals surface area contributed by atoms with Gasteiger partial charge in [-0.25, -0.2) is 22.5 Å². The van der Waals surface area contributed by atoms with Crippen molar-refractivity contribution in [3.05, 3.63) is 46.2 Å². The molecule has 0 amide bonds. The Hall–Kier alpha value is -1.42. The molecule has 2 aromatic rings. The summed E-state index contributed by atoms with van der Waals surface area (Å²) in [5.74, 6) is -0.658. The van der Waals surface area contributed by atoms with E-state index in [4.69, 9.17) is 18.0 Å². The van der Waals surface area contributed by atoms with E-state index in [1.54, 1.807) is 18.5 Å². The van der Waals surface area contributed by atoms with Crippen LogP contribution in [-0.2, 0) is 10.0 Å². The zero-order valence-electron chi connectivity index (χ0n) is 10.9. The third-order valence-electron chi connectivity index (χ3n) is 2.67. The second-order valence-electron chi connectivity index (χ2n) is 4.22. The van der Waals surface area contributed by atoms with Gasteiger partial charge in [-0.15, -0.1) is 11.3 Å². The molecule has 0 radical (unpaired) electrons. The molecule has 3 N–H and O–H groups in total. The van der Waals surface area contributed by atoms with Crippen molar-refractivity contribution in [1.29, 1.82) is 0 Å². The van der Waals surface area contributed by atoms with Gasteiger partial charge in [0.05, 0.1) is 10.9 Å². The van der Waals surface area contributed by atoms with E-state index in [0.29, 0.717) is 5.01 Å². The van der Waals surface area contributed by atoms with Crippen LogP contribution in [0.5, 0.6) is 0 Å². The lowest BCUT2D eigenvalue weighted by Gasteiger charge is -2.12. The number of nitrogens with zero attached hydrogens (tertiary/aromatic N) is 1. The lowest BCUT2D eigenvalue weighted by atomic mass is 10.2. The standard InChI is InChI=1S/C12H12FN3O2S3/c1-7(12-15-4-5-20-12)16-21(17,18)8-2-3-10(13)9(6-8)11(14)19/h2-7,16H,1H3,(H2,14,19). The number of halogens is 1. The van der Waals surface area contributed by atoms with E-state index in [1.807, 2.05) is 0 Å². The van der Waals surface area contributed by atoms with Crippen LogP contribution in [0.2, 0.25) is 0 Å². The average molecular weight is 345 g/mol. The molecule has 0 aliphatic heterocycles. The van der Waals surface area contributed by atoms with Gasteiger partial charge >= 0.3 is 0 Å². The Balaban J connectivity index is 2.32. The van der Waals surface area contributed by atoms with Gasteiger partial charge in [-0.05, 0) is 25.1 Å². The Morgan fingerprint density at radius 2 is 2.24 bits per heavy atom. The number of hydrogen-bond donors (Lipinski definition) is 2. The first-order chi connectivity index (χ1) is 9.81. The van der Waals surface area contributed by atoms with Gasteiger partial charge in [-0.3, -0.25) is 0 Å². The highest BCUT2D eigenvalue weighted by molar-refractivity contribution is 7.89. The molecule has 0 saturated heterocycles. The smallest absolute Gasteiger partial charge is 0.241 e. The Bertz CT molecular complexity index is 760. The van der Waals surface area contributed by atoms with Crippen molar-refractivity contribution in [2.45, 2.75) is 17.9 Å². The Morgan fingerprint density at radius 1 is 1.52 bits per heavy atom. The van der Waals surface area contributed by atoms with Crippen LogP contribution < -0.4 is 10.5 Å². The van der Waals surface area contributed by atoms with Crippen LogP contribution in [0, 0.1) is 5.82 Å². The predicted molar refractivity (Wildman–Crippen MR) is 83.1 cm³/mol. The number of aromatic nitrogens is 1. The molecule has 21 heavy (non-hydrogen) atoms. The Labute approximate surface area is 131 Å². The van der Waals surface area contributed by atoms with Gasteiger partial charge in [0.25, 0.3) is 0 Å². The van der Waals surface area contributed by atoms with Crippen molar-refractivity contribution in [2.24, 2.45) is 5.73 Å². The van der Waals surface area contributed by atoms with E-state index in [1.165, 1.54) is 11.3 Å². The molecule has 1 unspecified atom stereocenters. The van der Waals surface area contributed by atoms with E-state index in [-0.39, 0.29) is 15.4 Å². The Morgan fingerprint density at radius 3 is 2.81 bits per heavy atom. The highest BCUT2D eigenvalue weighted by Gasteiger charge is 2.21. The molecule has 0 saturated carbocycles. The van der Waals surface area contributed by atoms with Crippen molar-refractivity contribution in [1.82, 2.24) is 9.71 Å². The van der Waals surface area contributed by atoms with Crippen LogP contribution in [0.3, 0.4) is 0 Å². The fourth-order valence-corrected chi connectivity index (χ4v) is 3.77. The van der Waals surface area contributed by atoms with Gasteiger partial charge in [-0.1, -0.05) is 12.2 Å². The summed E-state index contributed by atoms with van der Waals surface area (Å²) < 4.78 is 40.5. The van der Waals surface area contributed by atoms with Gasteiger partial charge in [-0.2, -0.15) is 0 Å². The van der Waals surface area contributed by atoms with E-state index >= 15 is 0 Å². The molecule has 1 atom stereocenters. The highest BCUT2D eigenvalue weighted by Crippen LogP contribution is 2.20. The molecule has 1 aromatic carbocycles. The fraction of sp³-hybridized carbons (Fsp3) is 0.167. The molecule has 0 spiro atoms. The quantitative estimate of drug-likeness (QED) is 0.809. The predicted octanol–water partition coefficient (Wildman–Crippen LogP) is 1.96. The number of thiazole rings is 1. The van der Waals surface area contributed by atoms with Gasteiger partial charge in [0.2, 0.25) is 10.0 Å². The SMILES string of the molecule is CC(NS(=O)(=O)c1ccc(F)c(C(N)=S)c1)c1nccs1. The molecule has 1 heterocycles. The second-order valence-corrected chi connectivity index (χ2v) is 7.30. The monoisotopic (exact) mass is 345 g/mol. The fourth-order valence-electron chi connectivity index (χ4n) is 1.66. The molecule has 1 aromatic heterocycles. The maximum Gasteiger partial charge on any atom is 0.241 e. The summed E-state index contributed by atoms with van der Waals surface area (Å²) in [6.45, 7) is 1.67. The molecule has 5 nitrogen and oxygen atoms in total. The highest BCUT2D eigenvalue weighted by atomic mass is 32.2. The van der Waals surface area contributed by atoms with Crippen LogP contribution in [0.1, 0.15) is 23.5 Å². The van der Waals surface area contributed by atoms with E-state index in [2.05, 4.69) is 9.71 Å². The minimum absolute atomic E-state index is 0.102. The third-order valence-corrected chi connectivity index (χ3v) is 5.38. The van der Waals surface area contributed by atoms with Crippen LogP contribution in [-0.4, -0.2) is 18.4 Å². The second kappa shape index (κ2) is 6.14. The number of nitrogens with one attached hydrogen (secondary N) is 1. The number of rotatable bonds is 5. The van der Waals surface area contributed by atoms with Crippen molar-refractivity contribution < 1.29 is 12.8 Å². The lowest BCUT2D eigenvalue weighted by Crippen LogP contribution is -2.27. The summed E-state index contributed by atoms with van der Waals surface area (Å²) in [7, 11) is -3.82. The molecule has 2 rings (SSSR count). The molecular weight excluding hydrogens is 333 g/mol. The summed E-state index contributed by atoms with van der Waals surface area (Å²) in [5.41, 5.74) is 5.27. The first-order valence-electron chi connectivity index (χ1n) is 5.82. The topological polar surface area (TPSA) is 85.1 Å². The first kappa shape index (κ1) is 16.0. The van der Waals surface area contributed by atoms with Crippen LogP contribution in [0.4, 0.5) is 4.39 Å². The number of thiocarbonyl (C=S) groups is 1. The molecule has 0 bridgehead atoms. The van der Waals surface area contributed by atoms with E-state index in [0.717, 1.165) is 18.2 Å². The maximum atomic E-state index is 13.5. The molecule has 0 aliphatic rings. The molecule has 9 heteroatoms. The van der Waals surface area contributed by atoms with Gasteiger partial charge in [0.15, 0.2) is 0 Å². The summed E-state index contributed by atoms with van der Waals surface area (Å²) in [6.07, 6.45) is 1.59. The van der Waals surface area contributed by atoms with Gasteiger partial charge in [0, 0.05) is 17.1 Å². The zero-order chi connectivity index (χ0) is 15.6. The first-order valence-corrected chi connectivity index (χ1v) is 8.59. The summed E-state index contributed by atoms with van der Waals surface area (Å²) >= 11 is 6.04. The van der Waals surface area contributed by atoms with Crippen LogP contribution in [0.15, 0.2) is 34.7 Å². The zero-order valence-corrected chi connectivity index (χ0v) is 13.4. The number of nitrogens with two attached hydrogens (primary N) is 1. The van der Waals surface area contributed by atoms with E-state index in [9.17, 15) is 12.8 Å². The minimum Gasteiger partial charge on any atom is -0.389 e. The van der Waals surface area contributed by atoms with Crippen molar-refractivity contribution >= 4 is 38.6 Å². The van der Waals surface area contributed by atoms with Crippen LogP contribution >= 0.6 is 23.6 Å². The number of sulfonamides is 1. The van der Waals surface area contributed by atoms with Crippen molar-refractivity contribution in [3.8, 4) is 0 Å². The van der Waals surface area contributed by atoms with Crippen molar-refractivity contribution in [2.75, 3.05) is 0 Å². The maximum absolute atomic E-state index is 13.5. The number of benzene rings is 1. The molecule has 0 aliphatic carbocycles. The Kier molecular flexibility index (Phi) is 4.67. The molecular formula is C12H12FN3O2S3. The van der Waals surface area contributed by atoms with Crippen LogP contribution in [0.25, 0.3) is 0 Å². The lowest BCUT2D eigenvalue weighted by molar-refractivity contribution is 0.565. The van der Waals surface area contributed by atoms with Gasteiger partial charge < -0.3 is 5.73 Å². The summed E-state index contributed by atoms with van der Waals surface area (Å²) in [6, 6.07) is 2.81. The number of hydrogen-bond acceptors (Lipinski definition) is 5. The minimum atomic E-state index is -3.82. The van der Waals surface area contributed by atoms with E-state index < -0.39 is 21.9 Å². The normalized spacial score (nSPS) is 13.0. The van der Waals surface area contributed by atoms with Crippen molar-refractivity contribution in [3.63, 3.8) is 0 Å². The largest absolute Gasteiger partial charge is 0.389 e.